The summed E-state index contributed by atoms with van der Waals surface area (Å²) in [5, 5.41) is 9.28. The average Bonchev–Trinajstić information content (AvgIpc) is 3.32. The second kappa shape index (κ2) is 9.96. The molecule has 29 heavy (non-hydrogen) atoms. The summed E-state index contributed by atoms with van der Waals surface area (Å²) in [5.74, 6) is 1.79. The second-order valence-electron chi connectivity index (χ2n) is 6.18. The summed E-state index contributed by atoms with van der Waals surface area (Å²) in [6.45, 7) is 4.91. The minimum absolute atomic E-state index is 0.0127. The van der Waals surface area contributed by atoms with Gasteiger partial charge in [-0.05, 0) is 36.4 Å². The van der Waals surface area contributed by atoms with Crippen molar-refractivity contribution < 1.29 is 9.53 Å². The van der Waals surface area contributed by atoms with Crippen molar-refractivity contribution in [1.29, 1.82) is 0 Å². The number of thioether (sulfide) groups is 1. The maximum absolute atomic E-state index is 12.5. The predicted molar refractivity (Wildman–Crippen MR) is 119 cm³/mol. The van der Waals surface area contributed by atoms with Gasteiger partial charge in [0.1, 0.15) is 5.75 Å². The lowest BCUT2D eigenvalue weighted by atomic mass is 10.2. The van der Waals surface area contributed by atoms with Crippen LogP contribution in [-0.2, 0) is 17.9 Å². The van der Waals surface area contributed by atoms with E-state index >= 15 is 0 Å². The van der Waals surface area contributed by atoms with Crippen LogP contribution < -0.4 is 4.74 Å². The maximum Gasteiger partial charge on any atom is 0.233 e. The van der Waals surface area contributed by atoms with E-state index in [4.69, 9.17) is 16.3 Å². The number of allylic oxidation sites excluding steroid dienone is 1. The van der Waals surface area contributed by atoms with Gasteiger partial charge in [0.05, 0.1) is 23.7 Å². The number of nitrogens with zero attached hydrogens (tertiary/aromatic N) is 4. The summed E-state index contributed by atoms with van der Waals surface area (Å²) < 4.78 is 7.88. The smallest absolute Gasteiger partial charge is 0.233 e. The lowest BCUT2D eigenvalue weighted by Crippen LogP contribution is -2.27. The molecule has 0 aliphatic rings. The largest absolute Gasteiger partial charge is 0.497 e. The van der Waals surface area contributed by atoms with Gasteiger partial charge in [-0.2, -0.15) is 0 Å². The fraction of sp³-hybridized carbons (Fsp3) is 0.250. The number of benzene rings is 1. The number of ether oxygens (including phenoxy) is 1. The standard InChI is InChI=1S/C20H21ClN4O2S2/c1-4-11-25-19(14-5-7-15(27-3)8-6-14)22-23-20(25)28-13-18(26)24(2)12-16-9-10-17(21)29-16/h4-10H,1,11-13H2,2-3H3. The zero-order valence-corrected chi connectivity index (χ0v) is 18.6. The minimum atomic E-state index is 0.0127. The Morgan fingerprint density at radius 2 is 2.07 bits per heavy atom. The quantitative estimate of drug-likeness (QED) is 0.353. The molecule has 3 aromatic rings. The Balaban J connectivity index is 1.69. The van der Waals surface area contributed by atoms with E-state index in [2.05, 4.69) is 16.8 Å². The number of hydrogen-bond acceptors (Lipinski definition) is 6. The van der Waals surface area contributed by atoms with Crippen LogP contribution in [0.3, 0.4) is 0 Å². The molecule has 0 saturated carbocycles. The number of carbonyl (C=O) groups excluding carboxylic acids is 1. The van der Waals surface area contributed by atoms with Crippen LogP contribution in [0.4, 0.5) is 0 Å². The van der Waals surface area contributed by atoms with E-state index in [1.54, 1.807) is 25.1 Å². The highest BCUT2D eigenvalue weighted by atomic mass is 35.5. The number of halogens is 1. The fourth-order valence-electron chi connectivity index (χ4n) is 2.64. The molecule has 0 aliphatic heterocycles. The van der Waals surface area contributed by atoms with Crippen LogP contribution in [0.15, 0.2) is 54.2 Å². The number of hydrogen-bond donors (Lipinski definition) is 0. The van der Waals surface area contributed by atoms with Crippen LogP contribution in [0.2, 0.25) is 4.34 Å². The lowest BCUT2D eigenvalue weighted by Gasteiger charge is -2.16. The van der Waals surface area contributed by atoms with Crippen molar-refractivity contribution >= 4 is 40.6 Å². The summed E-state index contributed by atoms with van der Waals surface area (Å²) in [6.07, 6.45) is 1.79. The summed E-state index contributed by atoms with van der Waals surface area (Å²) >= 11 is 8.80. The van der Waals surface area contributed by atoms with Crippen LogP contribution in [0, 0.1) is 0 Å². The first-order chi connectivity index (χ1) is 14.0. The molecule has 0 atom stereocenters. The number of thiophene rings is 1. The molecular weight excluding hydrogens is 428 g/mol. The van der Waals surface area contributed by atoms with Gasteiger partial charge in [-0.3, -0.25) is 9.36 Å². The Kier molecular flexibility index (Phi) is 7.35. The molecule has 2 aromatic heterocycles. The molecule has 0 saturated heterocycles. The van der Waals surface area contributed by atoms with Crippen molar-refractivity contribution in [3.05, 3.63) is 58.3 Å². The van der Waals surface area contributed by atoms with E-state index in [0.29, 0.717) is 18.2 Å². The van der Waals surface area contributed by atoms with Gasteiger partial charge in [-0.25, -0.2) is 0 Å². The molecule has 0 N–H and O–H groups in total. The summed E-state index contributed by atoms with van der Waals surface area (Å²) in [7, 11) is 3.42. The van der Waals surface area contributed by atoms with Crippen molar-refractivity contribution in [3.63, 3.8) is 0 Å². The zero-order chi connectivity index (χ0) is 20.8. The molecule has 0 fully saturated rings. The Hall–Kier alpha value is -2.29. The van der Waals surface area contributed by atoms with Gasteiger partial charge in [0.2, 0.25) is 5.91 Å². The van der Waals surface area contributed by atoms with Crippen molar-refractivity contribution in [2.75, 3.05) is 19.9 Å². The predicted octanol–water partition coefficient (Wildman–Crippen LogP) is 4.61. The molecule has 1 amide bonds. The van der Waals surface area contributed by atoms with E-state index in [1.807, 2.05) is 41.0 Å². The fourth-order valence-corrected chi connectivity index (χ4v) is 4.67. The molecule has 152 valence electrons. The van der Waals surface area contributed by atoms with Crippen LogP contribution in [-0.4, -0.2) is 45.5 Å². The van der Waals surface area contributed by atoms with Gasteiger partial charge in [-0.15, -0.1) is 28.1 Å². The van der Waals surface area contributed by atoms with Crippen molar-refractivity contribution in [2.45, 2.75) is 18.2 Å². The number of methoxy groups -OCH3 is 1. The third-order valence-corrected chi connectivity index (χ3v) is 6.32. The normalized spacial score (nSPS) is 10.7. The number of amides is 1. The first-order valence-electron chi connectivity index (χ1n) is 8.81. The number of rotatable bonds is 9. The molecule has 0 radical (unpaired) electrons. The zero-order valence-electron chi connectivity index (χ0n) is 16.2. The molecular formula is C20H21ClN4O2S2. The van der Waals surface area contributed by atoms with Gasteiger partial charge >= 0.3 is 0 Å². The molecule has 1 aromatic carbocycles. The number of aromatic nitrogens is 3. The van der Waals surface area contributed by atoms with Gasteiger partial charge in [0.25, 0.3) is 0 Å². The molecule has 0 aliphatic carbocycles. The molecule has 0 bridgehead atoms. The highest BCUT2D eigenvalue weighted by molar-refractivity contribution is 7.99. The maximum atomic E-state index is 12.5. The Morgan fingerprint density at radius 1 is 1.31 bits per heavy atom. The molecule has 2 heterocycles. The van der Waals surface area contributed by atoms with Crippen LogP contribution in [0.25, 0.3) is 11.4 Å². The number of carbonyl (C=O) groups is 1. The first-order valence-corrected chi connectivity index (χ1v) is 11.0. The first kappa shape index (κ1) is 21.4. The third-order valence-electron chi connectivity index (χ3n) is 4.15. The molecule has 9 heteroatoms. The topological polar surface area (TPSA) is 60.2 Å². The molecule has 6 nitrogen and oxygen atoms in total. The molecule has 0 spiro atoms. The third kappa shape index (κ3) is 5.41. The Labute approximate surface area is 183 Å². The van der Waals surface area contributed by atoms with Gasteiger partial charge in [-0.1, -0.05) is 29.4 Å². The van der Waals surface area contributed by atoms with Crippen molar-refractivity contribution in [2.24, 2.45) is 0 Å². The van der Waals surface area contributed by atoms with E-state index in [0.717, 1.165) is 26.4 Å². The Bertz CT molecular complexity index is 985. The van der Waals surface area contributed by atoms with Crippen molar-refractivity contribution in [3.8, 4) is 17.1 Å². The second-order valence-corrected chi connectivity index (χ2v) is 8.92. The van der Waals surface area contributed by atoms with E-state index in [1.165, 1.54) is 23.1 Å². The SMILES string of the molecule is C=CCn1c(SCC(=O)N(C)Cc2ccc(Cl)s2)nnc1-c1ccc(OC)cc1. The highest BCUT2D eigenvalue weighted by Gasteiger charge is 2.17. The van der Waals surface area contributed by atoms with Crippen LogP contribution >= 0.6 is 34.7 Å². The van der Waals surface area contributed by atoms with E-state index in [-0.39, 0.29) is 11.7 Å². The highest BCUT2D eigenvalue weighted by Crippen LogP contribution is 2.26. The average molecular weight is 449 g/mol. The summed E-state index contributed by atoms with van der Waals surface area (Å²) in [5.41, 5.74) is 0.921. The van der Waals surface area contributed by atoms with Crippen LogP contribution in [0.1, 0.15) is 4.88 Å². The minimum Gasteiger partial charge on any atom is -0.497 e. The van der Waals surface area contributed by atoms with Crippen molar-refractivity contribution in [1.82, 2.24) is 19.7 Å². The van der Waals surface area contributed by atoms with Gasteiger partial charge < -0.3 is 9.64 Å². The lowest BCUT2D eigenvalue weighted by molar-refractivity contribution is -0.127. The Morgan fingerprint density at radius 3 is 2.69 bits per heavy atom. The summed E-state index contributed by atoms with van der Waals surface area (Å²) in [6, 6.07) is 11.4. The van der Waals surface area contributed by atoms with Gasteiger partial charge in [0, 0.05) is 24.0 Å². The summed E-state index contributed by atoms with van der Waals surface area (Å²) in [4.78, 5) is 15.3. The molecule has 0 unspecified atom stereocenters. The molecule has 3 rings (SSSR count). The van der Waals surface area contributed by atoms with E-state index < -0.39 is 0 Å². The monoisotopic (exact) mass is 448 g/mol. The van der Waals surface area contributed by atoms with E-state index in [9.17, 15) is 4.79 Å². The van der Waals surface area contributed by atoms with Gasteiger partial charge in [0.15, 0.2) is 11.0 Å². The van der Waals surface area contributed by atoms with Crippen LogP contribution in [0.5, 0.6) is 5.75 Å².